The van der Waals surface area contributed by atoms with Crippen LogP contribution in [0, 0.1) is 20.2 Å². The second kappa shape index (κ2) is 9.75. The molecule has 35 heavy (non-hydrogen) atoms. The molecule has 4 aromatic carbocycles. The predicted octanol–water partition coefficient (Wildman–Crippen LogP) is 5.83. The van der Waals surface area contributed by atoms with Crippen LogP contribution >= 0.6 is 0 Å². The van der Waals surface area contributed by atoms with Crippen molar-refractivity contribution in [2.75, 3.05) is 0 Å². The normalized spacial score (nSPS) is 10.4. The first-order chi connectivity index (χ1) is 16.8. The molecule has 0 spiro atoms. The molecule has 9 nitrogen and oxygen atoms in total. The van der Waals surface area contributed by atoms with Gasteiger partial charge >= 0.3 is 11.9 Å². The van der Waals surface area contributed by atoms with E-state index >= 15 is 0 Å². The van der Waals surface area contributed by atoms with Gasteiger partial charge in [0.2, 0.25) is 0 Å². The van der Waals surface area contributed by atoms with Gasteiger partial charge in [-0.25, -0.2) is 9.59 Å². The Morgan fingerprint density at radius 1 is 0.571 bits per heavy atom. The van der Waals surface area contributed by atoms with E-state index in [9.17, 15) is 29.8 Å². The number of carbonyl (C=O) groups is 2. The molecular formula is C26H16N2O7. The first-order valence-electron chi connectivity index (χ1n) is 10.3. The van der Waals surface area contributed by atoms with Crippen molar-refractivity contribution in [2.24, 2.45) is 0 Å². The van der Waals surface area contributed by atoms with Gasteiger partial charge in [-0.2, -0.15) is 0 Å². The van der Waals surface area contributed by atoms with Crippen LogP contribution in [0.4, 0.5) is 11.4 Å². The van der Waals surface area contributed by atoms with Crippen molar-refractivity contribution in [1.29, 1.82) is 0 Å². The molecule has 0 aliphatic carbocycles. The summed E-state index contributed by atoms with van der Waals surface area (Å²) in [5.74, 6) is -2.02. The van der Waals surface area contributed by atoms with Crippen molar-refractivity contribution in [1.82, 2.24) is 0 Å². The molecule has 9 heteroatoms. The first kappa shape index (κ1) is 23.0. The molecule has 0 aliphatic heterocycles. The maximum Gasteiger partial charge on any atom is 0.346 e. The Bertz CT molecular complexity index is 1340. The van der Waals surface area contributed by atoms with Gasteiger partial charge in [-0.05, 0) is 35.4 Å². The standard InChI is InChI=1S/C26H16N2O7/c29-25(19-11-13-23(27(31)32)21(15-19)17-7-3-1-4-8-17)35-26(30)20-12-14-24(28(33)34)22(16-20)18-9-5-2-6-10-18/h1-16H. The van der Waals surface area contributed by atoms with Gasteiger partial charge in [-0.15, -0.1) is 0 Å². The molecule has 0 N–H and O–H groups in total. The molecule has 0 amide bonds. The summed E-state index contributed by atoms with van der Waals surface area (Å²) in [6, 6.07) is 24.2. The van der Waals surface area contributed by atoms with Crippen molar-refractivity contribution in [3.8, 4) is 22.3 Å². The summed E-state index contributed by atoms with van der Waals surface area (Å²) in [7, 11) is 0. The predicted molar refractivity (Wildman–Crippen MR) is 127 cm³/mol. The van der Waals surface area contributed by atoms with Gasteiger partial charge in [0.05, 0.1) is 32.1 Å². The molecule has 0 unspecified atom stereocenters. The smallest absolute Gasteiger partial charge is 0.346 e. The summed E-state index contributed by atoms with van der Waals surface area (Å²) in [6.45, 7) is 0. The van der Waals surface area contributed by atoms with Gasteiger partial charge < -0.3 is 4.74 Å². The lowest BCUT2D eigenvalue weighted by molar-refractivity contribution is -0.384. The zero-order chi connectivity index (χ0) is 24.9. The highest BCUT2D eigenvalue weighted by atomic mass is 16.6. The van der Waals surface area contributed by atoms with Crippen molar-refractivity contribution >= 4 is 23.3 Å². The van der Waals surface area contributed by atoms with E-state index in [-0.39, 0.29) is 33.6 Å². The number of rotatable bonds is 6. The second-order valence-electron chi connectivity index (χ2n) is 7.39. The quantitative estimate of drug-likeness (QED) is 0.150. The van der Waals surface area contributed by atoms with Crippen molar-refractivity contribution < 1.29 is 24.2 Å². The van der Waals surface area contributed by atoms with Gasteiger partial charge in [-0.1, -0.05) is 60.7 Å². The van der Waals surface area contributed by atoms with Gasteiger partial charge in [0.1, 0.15) is 0 Å². The number of carbonyl (C=O) groups excluding carboxylic acids is 2. The van der Waals surface area contributed by atoms with Crippen LogP contribution in [0.15, 0.2) is 97.1 Å². The summed E-state index contributed by atoms with van der Waals surface area (Å²) < 4.78 is 4.99. The van der Waals surface area contributed by atoms with Crippen LogP contribution in [0.25, 0.3) is 22.3 Å². The SMILES string of the molecule is O=C(OC(=O)c1ccc([N+](=O)[O-])c(-c2ccccc2)c1)c1ccc([N+](=O)[O-])c(-c2ccccc2)c1. The Kier molecular flexibility index (Phi) is 6.41. The van der Waals surface area contributed by atoms with Crippen LogP contribution < -0.4 is 0 Å². The number of esters is 2. The van der Waals surface area contributed by atoms with Crippen LogP contribution in [-0.4, -0.2) is 21.8 Å². The van der Waals surface area contributed by atoms with Crippen LogP contribution in [0.5, 0.6) is 0 Å². The third-order valence-electron chi connectivity index (χ3n) is 5.21. The van der Waals surface area contributed by atoms with Crippen molar-refractivity contribution in [3.63, 3.8) is 0 Å². The molecule has 0 aliphatic rings. The third-order valence-corrected chi connectivity index (χ3v) is 5.21. The van der Waals surface area contributed by atoms with Gasteiger partial charge in [-0.3, -0.25) is 20.2 Å². The number of hydrogen-bond acceptors (Lipinski definition) is 7. The molecule has 0 bridgehead atoms. The molecular weight excluding hydrogens is 452 g/mol. The molecule has 0 heterocycles. The Balaban J connectivity index is 1.64. The maximum atomic E-state index is 12.7. The average Bonchev–Trinajstić information content (AvgIpc) is 2.88. The topological polar surface area (TPSA) is 130 Å². The summed E-state index contributed by atoms with van der Waals surface area (Å²) >= 11 is 0. The lowest BCUT2D eigenvalue weighted by atomic mass is 10.0. The second-order valence-corrected chi connectivity index (χ2v) is 7.39. The number of hydrogen-bond donors (Lipinski definition) is 0. The van der Waals surface area contributed by atoms with E-state index in [2.05, 4.69) is 0 Å². The third kappa shape index (κ3) is 4.93. The average molecular weight is 468 g/mol. The van der Waals surface area contributed by atoms with Crippen LogP contribution in [0.3, 0.4) is 0 Å². The fraction of sp³-hybridized carbons (Fsp3) is 0. The van der Waals surface area contributed by atoms with E-state index < -0.39 is 21.8 Å². The minimum absolute atomic E-state index is 0.0620. The van der Waals surface area contributed by atoms with E-state index in [4.69, 9.17) is 4.74 Å². The molecule has 0 fully saturated rings. The highest BCUT2D eigenvalue weighted by molar-refractivity contribution is 6.04. The molecule has 0 radical (unpaired) electrons. The highest BCUT2D eigenvalue weighted by Gasteiger charge is 2.23. The molecule has 0 atom stereocenters. The van der Waals surface area contributed by atoms with E-state index in [1.807, 2.05) is 0 Å². The Morgan fingerprint density at radius 3 is 1.29 bits per heavy atom. The fourth-order valence-corrected chi connectivity index (χ4v) is 3.54. The number of nitrogens with zero attached hydrogens (tertiary/aromatic N) is 2. The van der Waals surface area contributed by atoms with E-state index in [0.717, 1.165) is 0 Å². The molecule has 0 saturated carbocycles. The van der Waals surface area contributed by atoms with Crippen molar-refractivity contribution in [3.05, 3.63) is 128 Å². The molecule has 4 aromatic rings. The Labute approximate surface area is 198 Å². The van der Waals surface area contributed by atoms with E-state index in [0.29, 0.717) is 11.1 Å². The molecule has 0 saturated heterocycles. The Morgan fingerprint density at radius 2 is 0.943 bits per heavy atom. The first-order valence-corrected chi connectivity index (χ1v) is 10.3. The summed E-state index contributed by atoms with van der Waals surface area (Å²) in [5.41, 5.74) is 0.884. The monoisotopic (exact) mass is 468 g/mol. The van der Waals surface area contributed by atoms with Gasteiger partial charge in [0.15, 0.2) is 0 Å². The highest BCUT2D eigenvalue weighted by Crippen LogP contribution is 2.32. The van der Waals surface area contributed by atoms with Crippen molar-refractivity contribution in [2.45, 2.75) is 0 Å². The Hall–Kier alpha value is -5.18. The van der Waals surface area contributed by atoms with E-state index in [1.54, 1.807) is 60.7 Å². The fourth-order valence-electron chi connectivity index (χ4n) is 3.54. The summed E-state index contributed by atoms with van der Waals surface area (Å²) in [4.78, 5) is 47.2. The maximum absolute atomic E-state index is 12.7. The lowest BCUT2D eigenvalue weighted by Gasteiger charge is -2.08. The van der Waals surface area contributed by atoms with Crippen LogP contribution in [0.1, 0.15) is 20.7 Å². The molecule has 0 aromatic heterocycles. The number of nitro groups is 2. The van der Waals surface area contributed by atoms with Gasteiger partial charge in [0, 0.05) is 12.1 Å². The largest absolute Gasteiger partial charge is 0.386 e. The zero-order valence-corrected chi connectivity index (χ0v) is 18.0. The van der Waals surface area contributed by atoms with Crippen LogP contribution in [0.2, 0.25) is 0 Å². The number of benzene rings is 4. The number of ether oxygens (including phenoxy) is 1. The minimum Gasteiger partial charge on any atom is -0.386 e. The minimum atomic E-state index is -1.01. The number of nitro benzene ring substituents is 2. The molecule has 172 valence electrons. The molecule has 4 rings (SSSR count). The zero-order valence-electron chi connectivity index (χ0n) is 18.0. The van der Waals surface area contributed by atoms with E-state index in [1.165, 1.54) is 36.4 Å². The van der Waals surface area contributed by atoms with Gasteiger partial charge in [0.25, 0.3) is 11.4 Å². The lowest BCUT2D eigenvalue weighted by Crippen LogP contribution is -2.13. The van der Waals surface area contributed by atoms with Crippen LogP contribution in [-0.2, 0) is 4.74 Å². The summed E-state index contributed by atoms with van der Waals surface area (Å²) in [5, 5.41) is 22.9. The summed E-state index contributed by atoms with van der Waals surface area (Å²) in [6.07, 6.45) is 0.